The van der Waals surface area contributed by atoms with Crippen molar-refractivity contribution in [2.45, 2.75) is 44.1 Å². The highest BCUT2D eigenvalue weighted by Gasteiger charge is 2.36. The van der Waals surface area contributed by atoms with Gasteiger partial charge in [0.25, 0.3) is 0 Å². The Kier molecular flexibility index (Phi) is 9.46. The lowest BCUT2D eigenvalue weighted by Gasteiger charge is -2.21. The molecule has 0 amide bonds. The second-order valence-corrected chi connectivity index (χ2v) is 11.0. The van der Waals surface area contributed by atoms with Gasteiger partial charge in [0.15, 0.2) is 0 Å². The number of ether oxygens (including phenoxy) is 1. The quantitative estimate of drug-likeness (QED) is 0.141. The first-order chi connectivity index (χ1) is 18.0. The van der Waals surface area contributed by atoms with Crippen molar-refractivity contribution < 1.29 is 50.0 Å². The molecule has 214 valence electrons. The third-order valence-electron chi connectivity index (χ3n) is 5.35. The van der Waals surface area contributed by atoms with Gasteiger partial charge in [-0.25, -0.2) is 4.57 Å². The van der Waals surface area contributed by atoms with Gasteiger partial charge in [-0.05, 0) is 56.0 Å². The number of alkyl halides is 6. The van der Waals surface area contributed by atoms with Crippen molar-refractivity contribution >= 4 is 19.2 Å². The Morgan fingerprint density at radius 1 is 1.00 bits per heavy atom. The van der Waals surface area contributed by atoms with Crippen molar-refractivity contribution in [3.63, 3.8) is 0 Å². The minimum absolute atomic E-state index is 0.0645. The molecule has 1 aromatic heterocycles. The summed E-state index contributed by atoms with van der Waals surface area (Å²) in [6.07, 6.45) is -8.22. The van der Waals surface area contributed by atoms with E-state index in [-0.39, 0.29) is 22.2 Å². The molecule has 0 fully saturated rings. The van der Waals surface area contributed by atoms with Crippen LogP contribution in [0.1, 0.15) is 41.5 Å². The molecular weight excluding hydrogens is 575 g/mol. The molecule has 16 heteroatoms. The van der Waals surface area contributed by atoms with Gasteiger partial charge in [-0.2, -0.15) is 26.3 Å². The average Bonchev–Trinajstić information content (AvgIpc) is 3.33. The van der Waals surface area contributed by atoms with E-state index in [1.54, 1.807) is 6.07 Å². The third-order valence-corrected chi connectivity index (χ3v) is 7.07. The van der Waals surface area contributed by atoms with Gasteiger partial charge >= 0.3 is 20.2 Å². The van der Waals surface area contributed by atoms with Gasteiger partial charge < -0.3 is 20.3 Å². The first-order valence-corrected chi connectivity index (χ1v) is 13.6. The standard InChI is InChI=1S/C23H24F6N3O5PS/c1-21(30,13-37-38(33,34)35)20-32-31-19(39-20)15-8-9-18(17(12-15)23(27,28)29)36-10-3-2-5-14-6-4-7-16(11-14)22(24,25)26/h4,6-9,11-12H,2-3,5,10,13,30H2,1H3,(H2,33,34,35). The van der Waals surface area contributed by atoms with Crippen molar-refractivity contribution in [2.75, 3.05) is 13.2 Å². The van der Waals surface area contributed by atoms with Crippen LogP contribution >= 0.6 is 19.2 Å². The third kappa shape index (κ3) is 8.98. The Labute approximate surface area is 223 Å². The summed E-state index contributed by atoms with van der Waals surface area (Å²) in [6, 6.07) is 8.17. The van der Waals surface area contributed by atoms with Gasteiger partial charge in [-0.1, -0.05) is 29.5 Å². The number of hydrogen-bond acceptors (Lipinski definition) is 7. The van der Waals surface area contributed by atoms with E-state index in [4.69, 9.17) is 20.3 Å². The smallest absolute Gasteiger partial charge is 0.469 e. The minimum atomic E-state index is -4.81. The zero-order valence-electron chi connectivity index (χ0n) is 20.3. The summed E-state index contributed by atoms with van der Waals surface area (Å²) in [5.74, 6) is -0.422. The molecule has 3 rings (SSSR count). The molecule has 1 unspecified atom stereocenters. The summed E-state index contributed by atoms with van der Waals surface area (Å²) in [6.45, 7) is 0.674. The Morgan fingerprint density at radius 3 is 2.36 bits per heavy atom. The van der Waals surface area contributed by atoms with E-state index < -0.39 is 49.2 Å². The number of hydrogen-bond donors (Lipinski definition) is 3. The number of phosphoric acid groups is 1. The highest BCUT2D eigenvalue weighted by molar-refractivity contribution is 7.46. The fourth-order valence-corrected chi connectivity index (χ4v) is 4.70. The number of phosphoric ester groups is 1. The molecule has 2 aromatic carbocycles. The number of benzene rings is 2. The number of nitrogens with zero attached hydrogens (tertiary/aromatic N) is 2. The molecule has 0 aliphatic rings. The summed E-state index contributed by atoms with van der Waals surface area (Å²) >= 11 is 0.835. The molecule has 0 bridgehead atoms. The van der Waals surface area contributed by atoms with Gasteiger partial charge in [-0.3, -0.25) is 4.52 Å². The average molecular weight is 599 g/mol. The first kappa shape index (κ1) is 31.0. The summed E-state index contributed by atoms with van der Waals surface area (Å²) in [5, 5.41) is 7.84. The zero-order chi connectivity index (χ0) is 29.1. The molecule has 0 spiro atoms. The lowest BCUT2D eigenvalue weighted by atomic mass is 10.1. The van der Waals surface area contributed by atoms with Gasteiger partial charge in [0.2, 0.25) is 0 Å². The second kappa shape index (κ2) is 11.9. The number of aryl methyl sites for hydroxylation is 1. The molecule has 0 aliphatic heterocycles. The summed E-state index contributed by atoms with van der Waals surface area (Å²) in [5.41, 5.74) is 3.22. The Bertz CT molecular complexity index is 1330. The SMILES string of the molecule is CC(N)(COP(=O)(O)O)c1nnc(-c2ccc(OCCCCc3cccc(C(F)(F)F)c3)c(C(F)(F)F)c2)s1. The van der Waals surface area contributed by atoms with E-state index in [2.05, 4.69) is 14.7 Å². The maximum Gasteiger partial charge on any atom is 0.469 e. The molecule has 1 atom stereocenters. The Morgan fingerprint density at radius 2 is 1.72 bits per heavy atom. The van der Waals surface area contributed by atoms with Gasteiger partial charge in [0.1, 0.15) is 15.8 Å². The van der Waals surface area contributed by atoms with E-state index in [1.807, 2.05) is 0 Å². The topological polar surface area (TPSA) is 128 Å². The maximum absolute atomic E-state index is 13.8. The van der Waals surface area contributed by atoms with Gasteiger partial charge in [0, 0.05) is 5.56 Å². The Balaban J connectivity index is 1.66. The van der Waals surface area contributed by atoms with E-state index in [1.165, 1.54) is 19.1 Å². The normalized spacial score (nSPS) is 14.3. The number of nitrogens with two attached hydrogens (primary N) is 1. The van der Waals surface area contributed by atoms with Crippen molar-refractivity contribution in [3.05, 3.63) is 64.2 Å². The number of aromatic nitrogens is 2. The van der Waals surface area contributed by atoms with E-state index in [0.29, 0.717) is 24.8 Å². The Hall–Kier alpha value is -2.55. The first-order valence-electron chi connectivity index (χ1n) is 11.3. The largest absolute Gasteiger partial charge is 0.493 e. The molecule has 8 nitrogen and oxygen atoms in total. The molecule has 0 radical (unpaired) electrons. The van der Waals surface area contributed by atoms with Crippen LogP contribution in [-0.4, -0.2) is 33.2 Å². The number of unbranched alkanes of at least 4 members (excludes halogenated alkanes) is 1. The highest BCUT2D eigenvalue weighted by Crippen LogP contribution is 2.41. The summed E-state index contributed by atoms with van der Waals surface area (Å²) in [7, 11) is -4.81. The van der Waals surface area contributed by atoms with Crippen LogP contribution in [0.25, 0.3) is 10.6 Å². The minimum Gasteiger partial charge on any atom is -0.493 e. The fourth-order valence-electron chi connectivity index (χ4n) is 3.38. The summed E-state index contributed by atoms with van der Waals surface area (Å²) < 4.78 is 101. The highest BCUT2D eigenvalue weighted by atomic mass is 32.1. The van der Waals surface area contributed by atoms with Crippen LogP contribution in [0.3, 0.4) is 0 Å². The monoisotopic (exact) mass is 599 g/mol. The summed E-state index contributed by atoms with van der Waals surface area (Å²) in [4.78, 5) is 17.7. The van der Waals surface area contributed by atoms with E-state index in [0.717, 1.165) is 35.6 Å². The number of halogens is 6. The lowest BCUT2D eigenvalue weighted by Crippen LogP contribution is -2.37. The van der Waals surface area contributed by atoms with Crippen molar-refractivity contribution in [1.29, 1.82) is 0 Å². The fraction of sp³-hybridized carbons (Fsp3) is 0.391. The van der Waals surface area contributed by atoms with Gasteiger partial charge in [0.05, 0.1) is 29.9 Å². The van der Waals surface area contributed by atoms with Crippen LogP contribution in [-0.2, 0) is 33.4 Å². The molecule has 0 saturated heterocycles. The predicted molar refractivity (Wildman–Crippen MR) is 130 cm³/mol. The molecule has 0 saturated carbocycles. The van der Waals surface area contributed by atoms with Crippen LogP contribution in [0.4, 0.5) is 26.3 Å². The molecular formula is C23H24F6N3O5PS. The van der Waals surface area contributed by atoms with Crippen molar-refractivity contribution in [1.82, 2.24) is 10.2 Å². The van der Waals surface area contributed by atoms with Crippen LogP contribution in [0.5, 0.6) is 5.75 Å². The predicted octanol–water partition coefficient (Wildman–Crippen LogP) is 5.93. The van der Waals surface area contributed by atoms with Crippen LogP contribution in [0.15, 0.2) is 42.5 Å². The molecule has 1 heterocycles. The molecule has 4 N–H and O–H groups in total. The zero-order valence-corrected chi connectivity index (χ0v) is 22.0. The van der Waals surface area contributed by atoms with Crippen LogP contribution in [0, 0.1) is 0 Å². The molecule has 39 heavy (non-hydrogen) atoms. The lowest BCUT2D eigenvalue weighted by molar-refractivity contribution is -0.139. The van der Waals surface area contributed by atoms with Crippen molar-refractivity contribution in [2.24, 2.45) is 5.73 Å². The molecule has 3 aromatic rings. The maximum atomic E-state index is 13.8. The second-order valence-electron chi connectivity index (χ2n) is 8.81. The number of rotatable bonds is 11. The van der Waals surface area contributed by atoms with E-state index in [9.17, 15) is 30.9 Å². The van der Waals surface area contributed by atoms with Gasteiger partial charge in [-0.15, -0.1) is 10.2 Å². The molecule has 0 aliphatic carbocycles. The van der Waals surface area contributed by atoms with Crippen molar-refractivity contribution in [3.8, 4) is 16.3 Å². The van der Waals surface area contributed by atoms with E-state index >= 15 is 0 Å². The van der Waals surface area contributed by atoms with Crippen LogP contribution < -0.4 is 10.5 Å². The van der Waals surface area contributed by atoms with Crippen LogP contribution in [0.2, 0.25) is 0 Å².